The third-order valence-electron chi connectivity index (χ3n) is 2.31. The second-order valence-corrected chi connectivity index (χ2v) is 4.72. The van der Waals surface area contributed by atoms with Crippen LogP contribution in [0.1, 0.15) is 39.3 Å². The van der Waals surface area contributed by atoms with Gasteiger partial charge in [0.05, 0.1) is 31.1 Å². The first kappa shape index (κ1) is 14.9. The Morgan fingerprint density at radius 1 is 1.22 bits per heavy atom. The topological polar surface area (TPSA) is 69.4 Å². The lowest BCUT2D eigenvalue weighted by atomic mass is 10.1. The molecule has 0 amide bonds. The smallest absolute Gasteiger partial charge is 0.138 e. The first-order chi connectivity index (χ1) is 8.52. The van der Waals surface area contributed by atoms with Crippen molar-refractivity contribution in [3.8, 4) is 5.75 Å². The molecule has 1 aromatic heterocycles. The Morgan fingerprint density at radius 2 is 1.94 bits per heavy atom. The maximum atomic E-state index is 5.60. The molecule has 102 valence electrons. The second-order valence-electron chi connectivity index (χ2n) is 4.72. The number of nitrogens with zero attached hydrogens (tertiary/aromatic N) is 1. The third kappa shape index (κ3) is 5.00. The number of nitrogens with one attached hydrogen (secondary N) is 1. The Bertz CT molecular complexity index is 356. The Labute approximate surface area is 109 Å². The molecule has 5 nitrogen and oxygen atoms in total. The van der Waals surface area contributed by atoms with Crippen LogP contribution in [0.3, 0.4) is 0 Å². The van der Waals surface area contributed by atoms with Gasteiger partial charge in [0.1, 0.15) is 5.75 Å². The number of aromatic nitrogens is 1. The Hall–Kier alpha value is -1.17. The maximum Gasteiger partial charge on any atom is 0.138 e. The van der Waals surface area contributed by atoms with Gasteiger partial charge < -0.3 is 9.47 Å². The number of hydrazine groups is 1. The van der Waals surface area contributed by atoms with E-state index < -0.39 is 0 Å². The predicted octanol–water partition coefficient (Wildman–Crippen LogP) is 1.80. The van der Waals surface area contributed by atoms with Crippen molar-refractivity contribution in [3.05, 3.63) is 24.0 Å². The van der Waals surface area contributed by atoms with Crippen LogP contribution in [0, 0.1) is 0 Å². The van der Waals surface area contributed by atoms with Crippen LogP contribution in [0.4, 0.5) is 0 Å². The summed E-state index contributed by atoms with van der Waals surface area (Å²) < 4.78 is 11.2. The molecular formula is C13H23N3O2. The van der Waals surface area contributed by atoms with E-state index in [1.54, 1.807) is 12.4 Å². The number of hydrogen-bond acceptors (Lipinski definition) is 5. The molecule has 0 aromatic carbocycles. The van der Waals surface area contributed by atoms with Gasteiger partial charge in [-0.2, -0.15) is 0 Å². The highest BCUT2D eigenvalue weighted by atomic mass is 16.5. The average molecular weight is 253 g/mol. The first-order valence-electron chi connectivity index (χ1n) is 6.22. The van der Waals surface area contributed by atoms with E-state index in [2.05, 4.69) is 10.4 Å². The molecule has 1 heterocycles. The number of hydrogen-bond donors (Lipinski definition) is 2. The highest BCUT2D eigenvalue weighted by molar-refractivity contribution is 5.26. The van der Waals surface area contributed by atoms with Gasteiger partial charge in [-0.25, -0.2) is 0 Å². The normalized spacial score (nSPS) is 13.1. The minimum atomic E-state index is -0.0874. The molecule has 0 spiro atoms. The fourth-order valence-corrected chi connectivity index (χ4v) is 1.49. The highest BCUT2D eigenvalue weighted by Crippen LogP contribution is 2.19. The molecule has 1 rings (SSSR count). The summed E-state index contributed by atoms with van der Waals surface area (Å²) in [6.07, 6.45) is 3.75. The van der Waals surface area contributed by atoms with Crippen LogP contribution < -0.4 is 16.0 Å². The van der Waals surface area contributed by atoms with Crippen LogP contribution in [0.2, 0.25) is 0 Å². The quantitative estimate of drug-likeness (QED) is 0.573. The van der Waals surface area contributed by atoms with E-state index in [0.717, 1.165) is 11.3 Å². The summed E-state index contributed by atoms with van der Waals surface area (Å²) in [6, 6.07) is 1.84. The fraction of sp³-hybridized carbons (Fsp3) is 0.615. The summed E-state index contributed by atoms with van der Waals surface area (Å²) >= 11 is 0. The number of rotatable bonds is 7. The number of pyridine rings is 1. The van der Waals surface area contributed by atoms with E-state index in [4.69, 9.17) is 15.3 Å². The molecule has 1 unspecified atom stereocenters. The van der Waals surface area contributed by atoms with E-state index in [0.29, 0.717) is 6.61 Å². The largest absolute Gasteiger partial charge is 0.489 e. The zero-order valence-corrected chi connectivity index (χ0v) is 11.5. The predicted molar refractivity (Wildman–Crippen MR) is 71.2 cm³/mol. The molecule has 3 N–H and O–H groups in total. The molecule has 0 aliphatic carbocycles. The van der Waals surface area contributed by atoms with Gasteiger partial charge in [-0.1, -0.05) is 0 Å². The fourth-order valence-electron chi connectivity index (χ4n) is 1.49. The molecule has 18 heavy (non-hydrogen) atoms. The van der Waals surface area contributed by atoms with Crippen molar-refractivity contribution in [2.45, 2.75) is 45.9 Å². The molecule has 0 radical (unpaired) electrons. The molecule has 5 heteroatoms. The summed E-state index contributed by atoms with van der Waals surface area (Å²) in [5.74, 6) is 6.29. The summed E-state index contributed by atoms with van der Waals surface area (Å²) in [4.78, 5) is 4.16. The van der Waals surface area contributed by atoms with Crippen molar-refractivity contribution in [3.63, 3.8) is 0 Å². The van der Waals surface area contributed by atoms with Gasteiger partial charge in [-0.3, -0.25) is 16.3 Å². The summed E-state index contributed by atoms with van der Waals surface area (Å²) in [7, 11) is 0. The number of ether oxygens (including phenoxy) is 2. The second kappa shape index (κ2) is 7.31. The van der Waals surface area contributed by atoms with Crippen molar-refractivity contribution in [2.75, 3.05) is 6.61 Å². The molecule has 0 saturated carbocycles. The van der Waals surface area contributed by atoms with Crippen LogP contribution in [0.15, 0.2) is 18.5 Å². The van der Waals surface area contributed by atoms with Crippen LogP contribution in [-0.4, -0.2) is 23.8 Å². The van der Waals surface area contributed by atoms with Crippen molar-refractivity contribution in [1.82, 2.24) is 10.4 Å². The van der Waals surface area contributed by atoms with Crippen LogP contribution in [-0.2, 0) is 4.74 Å². The van der Waals surface area contributed by atoms with Crippen molar-refractivity contribution in [2.24, 2.45) is 5.84 Å². The van der Waals surface area contributed by atoms with E-state index in [9.17, 15) is 0 Å². The molecule has 1 aromatic rings. The summed E-state index contributed by atoms with van der Waals surface area (Å²) in [5, 5.41) is 0. The SMILES string of the molecule is CC(C)OCC(NN)c1cncc(OC(C)C)c1. The van der Waals surface area contributed by atoms with Gasteiger partial charge in [-0.05, 0) is 39.3 Å². The summed E-state index contributed by atoms with van der Waals surface area (Å²) in [6.45, 7) is 8.44. The van der Waals surface area contributed by atoms with E-state index in [-0.39, 0.29) is 18.2 Å². The highest BCUT2D eigenvalue weighted by Gasteiger charge is 2.12. The first-order valence-corrected chi connectivity index (χ1v) is 6.22. The summed E-state index contributed by atoms with van der Waals surface area (Å²) in [5.41, 5.74) is 3.69. The van der Waals surface area contributed by atoms with E-state index in [1.165, 1.54) is 0 Å². The van der Waals surface area contributed by atoms with Gasteiger partial charge in [0.25, 0.3) is 0 Å². The Morgan fingerprint density at radius 3 is 2.50 bits per heavy atom. The lowest BCUT2D eigenvalue weighted by Crippen LogP contribution is -2.32. The molecule has 0 fully saturated rings. The van der Waals surface area contributed by atoms with Crippen molar-refractivity contribution >= 4 is 0 Å². The van der Waals surface area contributed by atoms with Crippen molar-refractivity contribution < 1.29 is 9.47 Å². The van der Waals surface area contributed by atoms with Gasteiger partial charge in [0, 0.05) is 6.20 Å². The van der Waals surface area contributed by atoms with E-state index >= 15 is 0 Å². The standard InChI is InChI=1S/C13H23N3O2/c1-9(2)17-8-13(16-14)11-5-12(7-15-6-11)18-10(3)4/h5-7,9-10,13,16H,8,14H2,1-4H3. The monoisotopic (exact) mass is 253 g/mol. The Kier molecular flexibility index (Phi) is 6.04. The van der Waals surface area contributed by atoms with Gasteiger partial charge >= 0.3 is 0 Å². The molecule has 0 bridgehead atoms. The maximum absolute atomic E-state index is 5.60. The van der Waals surface area contributed by atoms with Gasteiger partial charge in [0.2, 0.25) is 0 Å². The minimum Gasteiger partial charge on any atom is -0.489 e. The molecular weight excluding hydrogens is 230 g/mol. The molecule has 0 aliphatic heterocycles. The average Bonchev–Trinajstić information content (AvgIpc) is 2.29. The van der Waals surface area contributed by atoms with Gasteiger partial charge in [-0.15, -0.1) is 0 Å². The zero-order chi connectivity index (χ0) is 13.5. The Balaban J connectivity index is 2.72. The van der Waals surface area contributed by atoms with Gasteiger partial charge in [0.15, 0.2) is 0 Å². The lowest BCUT2D eigenvalue weighted by Gasteiger charge is -2.19. The van der Waals surface area contributed by atoms with Crippen LogP contribution in [0.25, 0.3) is 0 Å². The molecule has 1 atom stereocenters. The molecule has 0 saturated heterocycles. The lowest BCUT2D eigenvalue weighted by molar-refractivity contribution is 0.0610. The zero-order valence-electron chi connectivity index (χ0n) is 11.5. The third-order valence-corrected chi connectivity index (χ3v) is 2.31. The van der Waals surface area contributed by atoms with Crippen LogP contribution in [0.5, 0.6) is 5.75 Å². The number of nitrogens with two attached hydrogens (primary N) is 1. The molecule has 0 aliphatic rings. The van der Waals surface area contributed by atoms with Crippen LogP contribution >= 0.6 is 0 Å². The minimum absolute atomic E-state index is 0.0874. The van der Waals surface area contributed by atoms with Crippen molar-refractivity contribution in [1.29, 1.82) is 0 Å². The van der Waals surface area contributed by atoms with E-state index in [1.807, 2.05) is 33.8 Å².